The normalized spacial score (nSPS) is 15.0. The fourth-order valence-corrected chi connectivity index (χ4v) is 4.35. The highest BCUT2D eigenvalue weighted by molar-refractivity contribution is 7.17. The first kappa shape index (κ1) is 18.3. The third-order valence-corrected chi connectivity index (χ3v) is 5.54. The van der Waals surface area contributed by atoms with Crippen LogP contribution in [0.25, 0.3) is 21.3 Å². The quantitative estimate of drug-likeness (QED) is 0.679. The Morgan fingerprint density at radius 2 is 2.07 bits per heavy atom. The molecule has 0 amide bonds. The van der Waals surface area contributed by atoms with Crippen LogP contribution < -0.4 is 5.56 Å². The summed E-state index contributed by atoms with van der Waals surface area (Å²) in [6.45, 7) is 4.56. The second-order valence-electron chi connectivity index (χ2n) is 7.77. The number of nitrogens with one attached hydrogen (secondary N) is 1. The Morgan fingerprint density at radius 1 is 1.33 bits per heavy atom. The number of hydrogen-bond acceptors (Lipinski definition) is 5. The summed E-state index contributed by atoms with van der Waals surface area (Å²) in [4.78, 5) is 23.0. The van der Waals surface area contributed by atoms with Crippen molar-refractivity contribution in [1.82, 2.24) is 14.9 Å². The van der Waals surface area contributed by atoms with Gasteiger partial charge in [0.25, 0.3) is 5.56 Å². The zero-order chi connectivity index (χ0) is 19.2. The molecule has 1 aliphatic rings. The lowest BCUT2D eigenvalue weighted by molar-refractivity contribution is 0.0296. The molecule has 27 heavy (non-hydrogen) atoms. The maximum atomic E-state index is 14.2. The molecule has 1 saturated carbocycles. The summed E-state index contributed by atoms with van der Waals surface area (Å²) in [6.07, 6.45) is 2.19. The van der Waals surface area contributed by atoms with E-state index in [1.807, 2.05) is 0 Å². The van der Waals surface area contributed by atoms with Crippen LogP contribution >= 0.6 is 11.3 Å². The van der Waals surface area contributed by atoms with Crippen molar-refractivity contribution in [3.63, 3.8) is 0 Å². The summed E-state index contributed by atoms with van der Waals surface area (Å²) >= 11 is 1.34. The molecule has 0 bridgehead atoms. The largest absolute Gasteiger partial charge is 0.389 e. The van der Waals surface area contributed by atoms with Crippen LogP contribution in [0.5, 0.6) is 0 Å². The molecule has 5 nitrogen and oxygen atoms in total. The van der Waals surface area contributed by atoms with E-state index in [0.29, 0.717) is 46.3 Å². The molecule has 0 radical (unpaired) electrons. The zero-order valence-electron chi connectivity index (χ0n) is 15.3. The number of H-pyrrole nitrogens is 1. The highest BCUT2D eigenvalue weighted by atomic mass is 32.1. The van der Waals surface area contributed by atoms with Gasteiger partial charge in [-0.15, -0.1) is 11.3 Å². The number of hydrogen-bond donors (Lipinski definition) is 2. The van der Waals surface area contributed by atoms with Crippen molar-refractivity contribution in [2.24, 2.45) is 0 Å². The van der Waals surface area contributed by atoms with Crippen LogP contribution in [0.15, 0.2) is 34.4 Å². The summed E-state index contributed by atoms with van der Waals surface area (Å²) < 4.78 is 14.2. The van der Waals surface area contributed by atoms with Gasteiger partial charge in [-0.3, -0.25) is 9.69 Å². The monoisotopic (exact) mass is 387 g/mol. The summed E-state index contributed by atoms with van der Waals surface area (Å²) in [5.74, 6) is 0.219. The molecule has 4 rings (SSSR count). The first-order valence-corrected chi connectivity index (χ1v) is 9.91. The number of aromatic nitrogens is 2. The SMILES string of the molecule is CC(C)(O)CN(Cc1nc2scc(-c3ccccc3F)c2c(=O)[nH]1)C1CC1. The van der Waals surface area contributed by atoms with Crippen molar-refractivity contribution in [3.05, 3.63) is 51.6 Å². The maximum Gasteiger partial charge on any atom is 0.260 e. The maximum absolute atomic E-state index is 14.2. The Morgan fingerprint density at radius 3 is 2.74 bits per heavy atom. The van der Waals surface area contributed by atoms with Gasteiger partial charge in [0, 0.05) is 29.1 Å². The number of benzene rings is 1. The first-order chi connectivity index (χ1) is 12.8. The van der Waals surface area contributed by atoms with Crippen LogP contribution in [0.4, 0.5) is 4.39 Å². The molecule has 0 saturated heterocycles. The number of thiophene rings is 1. The van der Waals surface area contributed by atoms with Crippen LogP contribution in [0.2, 0.25) is 0 Å². The van der Waals surface area contributed by atoms with Gasteiger partial charge in [0.15, 0.2) is 0 Å². The zero-order valence-corrected chi connectivity index (χ0v) is 16.1. The smallest absolute Gasteiger partial charge is 0.260 e. The van der Waals surface area contributed by atoms with Crippen LogP contribution in [0, 0.1) is 5.82 Å². The fraction of sp³-hybridized carbons (Fsp3) is 0.400. The topological polar surface area (TPSA) is 69.2 Å². The van der Waals surface area contributed by atoms with Crippen molar-refractivity contribution in [2.75, 3.05) is 6.54 Å². The summed E-state index contributed by atoms with van der Waals surface area (Å²) in [7, 11) is 0. The number of aliphatic hydroxyl groups is 1. The predicted octanol–water partition coefficient (Wildman–Crippen LogP) is 3.53. The average molecular weight is 387 g/mol. The van der Waals surface area contributed by atoms with E-state index in [2.05, 4.69) is 14.9 Å². The Labute approximate surface area is 160 Å². The molecular formula is C20H22FN3O2S. The lowest BCUT2D eigenvalue weighted by atomic mass is 10.1. The fourth-order valence-electron chi connectivity index (χ4n) is 3.39. The van der Waals surface area contributed by atoms with Crippen molar-refractivity contribution in [2.45, 2.75) is 44.9 Å². The van der Waals surface area contributed by atoms with Gasteiger partial charge in [0.1, 0.15) is 16.5 Å². The first-order valence-electron chi connectivity index (χ1n) is 9.03. The highest BCUT2D eigenvalue weighted by Crippen LogP contribution is 2.33. The molecule has 0 aliphatic heterocycles. The Kier molecular flexibility index (Phi) is 4.61. The lowest BCUT2D eigenvalue weighted by Gasteiger charge is -2.28. The van der Waals surface area contributed by atoms with Crippen molar-refractivity contribution in [3.8, 4) is 11.1 Å². The molecule has 1 aromatic carbocycles. The van der Waals surface area contributed by atoms with Gasteiger partial charge in [0.05, 0.1) is 17.5 Å². The molecule has 0 spiro atoms. The number of halogens is 1. The Bertz CT molecular complexity index is 1030. The van der Waals surface area contributed by atoms with Crippen molar-refractivity contribution >= 4 is 21.6 Å². The van der Waals surface area contributed by atoms with E-state index in [1.54, 1.807) is 37.4 Å². The minimum atomic E-state index is -0.812. The van der Waals surface area contributed by atoms with Gasteiger partial charge in [-0.1, -0.05) is 18.2 Å². The number of rotatable bonds is 6. The van der Waals surface area contributed by atoms with Crippen LogP contribution in [0.1, 0.15) is 32.5 Å². The van der Waals surface area contributed by atoms with E-state index in [0.717, 1.165) is 12.8 Å². The van der Waals surface area contributed by atoms with Gasteiger partial charge in [-0.2, -0.15) is 0 Å². The molecule has 2 N–H and O–H groups in total. The van der Waals surface area contributed by atoms with E-state index in [-0.39, 0.29) is 11.4 Å². The van der Waals surface area contributed by atoms with Gasteiger partial charge < -0.3 is 10.1 Å². The average Bonchev–Trinajstić information content (AvgIpc) is 3.34. The highest BCUT2D eigenvalue weighted by Gasteiger charge is 2.32. The molecule has 1 fully saturated rings. The van der Waals surface area contributed by atoms with Crippen LogP contribution in [-0.2, 0) is 6.54 Å². The minimum absolute atomic E-state index is 0.256. The molecule has 3 aromatic rings. The molecule has 7 heteroatoms. The van der Waals surface area contributed by atoms with Crippen LogP contribution in [0.3, 0.4) is 0 Å². The molecule has 0 unspecified atom stereocenters. The molecule has 2 aromatic heterocycles. The third kappa shape index (κ3) is 3.95. The summed E-state index contributed by atoms with van der Waals surface area (Å²) in [5, 5.41) is 12.4. The molecule has 142 valence electrons. The summed E-state index contributed by atoms with van der Waals surface area (Å²) in [5.41, 5.74) is -0.0867. The standard InChI is InChI=1S/C20H22FN3O2S/c1-20(2,26)11-24(12-7-8-12)9-16-22-18(25)17-14(10-27-19(17)23-16)13-5-3-4-6-15(13)21/h3-6,10,12,26H,7-9,11H2,1-2H3,(H,22,23,25). The second kappa shape index (κ2) is 6.82. The lowest BCUT2D eigenvalue weighted by Crippen LogP contribution is -2.40. The van der Waals surface area contributed by atoms with E-state index in [4.69, 9.17) is 0 Å². The van der Waals surface area contributed by atoms with Gasteiger partial charge in [-0.05, 0) is 32.8 Å². The Balaban J connectivity index is 1.69. The van der Waals surface area contributed by atoms with Gasteiger partial charge >= 0.3 is 0 Å². The molecule has 0 atom stereocenters. The van der Waals surface area contributed by atoms with E-state index in [9.17, 15) is 14.3 Å². The molecule has 1 aliphatic carbocycles. The number of fused-ring (bicyclic) bond motifs is 1. The van der Waals surface area contributed by atoms with Gasteiger partial charge in [0.2, 0.25) is 0 Å². The number of aromatic amines is 1. The minimum Gasteiger partial charge on any atom is -0.389 e. The predicted molar refractivity (Wildman–Crippen MR) is 105 cm³/mol. The van der Waals surface area contributed by atoms with Crippen molar-refractivity contribution < 1.29 is 9.50 Å². The van der Waals surface area contributed by atoms with E-state index < -0.39 is 5.60 Å². The van der Waals surface area contributed by atoms with E-state index in [1.165, 1.54) is 17.4 Å². The van der Waals surface area contributed by atoms with Crippen LogP contribution in [-0.4, -0.2) is 38.2 Å². The molecule has 2 heterocycles. The Hall–Kier alpha value is -2.09. The number of nitrogens with zero attached hydrogens (tertiary/aromatic N) is 2. The van der Waals surface area contributed by atoms with E-state index >= 15 is 0 Å². The second-order valence-corrected chi connectivity index (χ2v) is 8.63. The third-order valence-electron chi connectivity index (χ3n) is 4.66. The van der Waals surface area contributed by atoms with Gasteiger partial charge in [-0.25, -0.2) is 9.37 Å². The summed E-state index contributed by atoms with van der Waals surface area (Å²) in [6, 6.07) is 6.86. The van der Waals surface area contributed by atoms with Crippen molar-refractivity contribution in [1.29, 1.82) is 0 Å². The molecular weight excluding hydrogens is 365 g/mol.